The van der Waals surface area contributed by atoms with Crippen LogP contribution in [-0.4, -0.2) is 59.3 Å². The normalized spacial score (nSPS) is 14.8. The molecule has 1 fully saturated rings. The van der Waals surface area contributed by atoms with Crippen molar-refractivity contribution in [3.8, 4) is 11.3 Å². The average molecular weight is 426 g/mol. The lowest BCUT2D eigenvalue weighted by Gasteiger charge is -2.26. The zero-order chi connectivity index (χ0) is 20.6. The summed E-state index contributed by atoms with van der Waals surface area (Å²) < 4.78 is 5.41. The van der Waals surface area contributed by atoms with Gasteiger partial charge in [-0.05, 0) is 37.2 Å². The number of nitrogens with one attached hydrogen (secondary N) is 1. The van der Waals surface area contributed by atoms with E-state index in [1.807, 2.05) is 42.5 Å². The minimum Gasteiger partial charge on any atom is -0.379 e. The van der Waals surface area contributed by atoms with E-state index in [4.69, 9.17) is 26.5 Å². The van der Waals surface area contributed by atoms with Crippen molar-refractivity contribution >= 4 is 11.6 Å². The SMILES string of the molecule is Clc1ccc(Cn2nc(CNCCCN3CCOCC3)c(-c3ccccc3)n2)cc1. The number of nitrogens with zero attached hydrogens (tertiary/aromatic N) is 4. The van der Waals surface area contributed by atoms with Gasteiger partial charge in [0.2, 0.25) is 0 Å². The van der Waals surface area contributed by atoms with E-state index in [-0.39, 0.29) is 0 Å². The van der Waals surface area contributed by atoms with Gasteiger partial charge in [0.05, 0.1) is 19.8 Å². The lowest BCUT2D eigenvalue weighted by molar-refractivity contribution is 0.0374. The molecule has 30 heavy (non-hydrogen) atoms. The summed E-state index contributed by atoms with van der Waals surface area (Å²) in [7, 11) is 0. The van der Waals surface area contributed by atoms with Crippen LogP contribution in [0, 0.1) is 0 Å². The summed E-state index contributed by atoms with van der Waals surface area (Å²) in [5, 5.41) is 13.8. The van der Waals surface area contributed by atoms with E-state index in [1.54, 1.807) is 4.80 Å². The number of aromatic nitrogens is 3. The van der Waals surface area contributed by atoms with Gasteiger partial charge in [0.15, 0.2) is 0 Å². The predicted octanol–water partition coefficient (Wildman–Crippen LogP) is 3.46. The summed E-state index contributed by atoms with van der Waals surface area (Å²) in [5.41, 5.74) is 4.12. The van der Waals surface area contributed by atoms with Gasteiger partial charge in [-0.2, -0.15) is 15.0 Å². The highest BCUT2D eigenvalue weighted by Gasteiger charge is 2.14. The van der Waals surface area contributed by atoms with Gasteiger partial charge in [-0.1, -0.05) is 54.1 Å². The second kappa shape index (κ2) is 10.7. The quantitative estimate of drug-likeness (QED) is 0.532. The molecule has 0 radical (unpaired) electrons. The summed E-state index contributed by atoms with van der Waals surface area (Å²) in [6, 6.07) is 18.1. The summed E-state index contributed by atoms with van der Waals surface area (Å²) >= 11 is 6.00. The van der Waals surface area contributed by atoms with E-state index in [0.717, 1.165) is 73.4 Å². The van der Waals surface area contributed by atoms with Crippen molar-refractivity contribution < 1.29 is 4.74 Å². The fourth-order valence-corrected chi connectivity index (χ4v) is 3.73. The van der Waals surface area contributed by atoms with Crippen LogP contribution in [0.25, 0.3) is 11.3 Å². The molecule has 1 aromatic heterocycles. The molecule has 0 unspecified atom stereocenters. The Bertz CT molecular complexity index is 907. The highest BCUT2D eigenvalue weighted by atomic mass is 35.5. The van der Waals surface area contributed by atoms with E-state index in [0.29, 0.717) is 13.1 Å². The van der Waals surface area contributed by atoms with Crippen molar-refractivity contribution in [1.82, 2.24) is 25.2 Å². The first-order chi connectivity index (χ1) is 14.8. The summed E-state index contributed by atoms with van der Waals surface area (Å²) in [6.07, 6.45) is 1.11. The Morgan fingerprint density at radius 1 is 0.967 bits per heavy atom. The molecule has 1 aliphatic heterocycles. The molecule has 2 heterocycles. The van der Waals surface area contributed by atoms with Crippen molar-refractivity contribution in [3.63, 3.8) is 0 Å². The van der Waals surface area contributed by atoms with E-state index in [1.165, 1.54) is 0 Å². The molecule has 0 amide bonds. The minimum absolute atomic E-state index is 0.619. The van der Waals surface area contributed by atoms with Gasteiger partial charge in [-0.25, -0.2) is 0 Å². The average Bonchev–Trinajstić information content (AvgIpc) is 3.19. The van der Waals surface area contributed by atoms with Crippen LogP contribution in [0.15, 0.2) is 54.6 Å². The van der Waals surface area contributed by atoms with Crippen LogP contribution < -0.4 is 5.32 Å². The number of halogens is 1. The fourth-order valence-electron chi connectivity index (χ4n) is 3.60. The smallest absolute Gasteiger partial charge is 0.117 e. The van der Waals surface area contributed by atoms with Crippen LogP contribution in [-0.2, 0) is 17.8 Å². The van der Waals surface area contributed by atoms with Crippen molar-refractivity contribution in [1.29, 1.82) is 0 Å². The Morgan fingerprint density at radius 3 is 2.50 bits per heavy atom. The summed E-state index contributed by atoms with van der Waals surface area (Å²) in [6.45, 7) is 7.16. The van der Waals surface area contributed by atoms with Crippen LogP contribution >= 0.6 is 11.6 Å². The number of hydrogen-bond donors (Lipinski definition) is 1. The third-order valence-corrected chi connectivity index (χ3v) is 5.49. The van der Waals surface area contributed by atoms with Gasteiger partial charge in [-0.15, -0.1) is 0 Å². The minimum atomic E-state index is 0.619. The van der Waals surface area contributed by atoms with E-state index < -0.39 is 0 Å². The Morgan fingerprint density at radius 2 is 1.73 bits per heavy atom. The number of benzene rings is 2. The second-order valence-corrected chi connectivity index (χ2v) is 7.94. The standard InChI is InChI=1S/C23H28ClN5O/c24-21-9-7-19(8-10-21)18-29-26-22(23(27-29)20-5-2-1-3-6-20)17-25-11-4-12-28-13-15-30-16-14-28/h1-3,5-10,25H,4,11-18H2. The molecule has 6 nitrogen and oxygen atoms in total. The third kappa shape index (κ3) is 5.89. The molecular weight excluding hydrogens is 398 g/mol. The molecule has 1 saturated heterocycles. The Kier molecular flexibility index (Phi) is 7.48. The first-order valence-corrected chi connectivity index (χ1v) is 10.9. The van der Waals surface area contributed by atoms with E-state index in [2.05, 4.69) is 22.3 Å². The van der Waals surface area contributed by atoms with Gasteiger partial charge < -0.3 is 10.1 Å². The number of morpholine rings is 1. The lowest BCUT2D eigenvalue weighted by Crippen LogP contribution is -2.37. The predicted molar refractivity (Wildman–Crippen MR) is 120 cm³/mol. The molecule has 0 bridgehead atoms. The molecule has 4 rings (SSSR count). The highest BCUT2D eigenvalue weighted by Crippen LogP contribution is 2.20. The molecule has 7 heteroatoms. The largest absolute Gasteiger partial charge is 0.379 e. The van der Waals surface area contributed by atoms with Gasteiger partial charge in [0, 0.05) is 30.2 Å². The molecule has 1 aliphatic rings. The molecule has 3 aromatic rings. The van der Waals surface area contributed by atoms with Gasteiger partial charge >= 0.3 is 0 Å². The highest BCUT2D eigenvalue weighted by molar-refractivity contribution is 6.30. The topological polar surface area (TPSA) is 55.2 Å². The Balaban J connectivity index is 1.38. The third-order valence-electron chi connectivity index (χ3n) is 5.23. The zero-order valence-corrected chi connectivity index (χ0v) is 17.9. The second-order valence-electron chi connectivity index (χ2n) is 7.50. The van der Waals surface area contributed by atoms with E-state index >= 15 is 0 Å². The van der Waals surface area contributed by atoms with Crippen molar-refractivity contribution in [2.75, 3.05) is 39.4 Å². The Labute approximate surface area is 182 Å². The molecule has 0 aliphatic carbocycles. The number of rotatable bonds is 9. The van der Waals surface area contributed by atoms with Crippen molar-refractivity contribution in [2.24, 2.45) is 0 Å². The molecule has 0 spiro atoms. The Hall–Kier alpha value is -2.25. The van der Waals surface area contributed by atoms with Crippen LogP contribution in [0.3, 0.4) is 0 Å². The maximum atomic E-state index is 6.00. The summed E-state index contributed by atoms with van der Waals surface area (Å²) in [4.78, 5) is 4.24. The molecule has 1 N–H and O–H groups in total. The summed E-state index contributed by atoms with van der Waals surface area (Å²) in [5.74, 6) is 0. The first-order valence-electron chi connectivity index (χ1n) is 10.5. The van der Waals surface area contributed by atoms with Gasteiger partial charge in [0.25, 0.3) is 0 Å². The van der Waals surface area contributed by atoms with Crippen LogP contribution in [0.2, 0.25) is 5.02 Å². The van der Waals surface area contributed by atoms with E-state index in [9.17, 15) is 0 Å². The maximum absolute atomic E-state index is 6.00. The fraction of sp³-hybridized carbons (Fsp3) is 0.391. The maximum Gasteiger partial charge on any atom is 0.117 e. The monoisotopic (exact) mass is 425 g/mol. The number of hydrogen-bond acceptors (Lipinski definition) is 5. The first kappa shape index (κ1) is 21.0. The molecule has 2 aromatic carbocycles. The number of ether oxygens (including phenoxy) is 1. The van der Waals surface area contributed by atoms with Crippen LogP contribution in [0.1, 0.15) is 17.7 Å². The van der Waals surface area contributed by atoms with Crippen molar-refractivity contribution in [2.45, 2.75) is 19.5 Å². The van der Waals surface area contributed by atoms with Crippen molar-refractivity contribution in [3.05, 3.63) is 70.9 Å². The van der Waals surface area contributed by atoms with Crippen LogP contribution in [0.4, 0.5) is 0 Å². The lowest BCUT2D eigenvalue weighted by atomic mass is 10.1. The zero-order valence-electron chi connectivity index (χ0n) is 17.1. The molecule has 158 valence electrons. The van der Waals surface area contributed by atoms with Crippen LogP contribution in [0.5, 0.6) is 0 Å². The van der Waals surface area contributed by atoms with Gasteiger partial charge in [0.1, 0.15) is 11.4 Å². The van der Waals surface area contributed by atoms with Gasteiger partial charge in [-0.3, -0.25) is 4.90 Å². The molecular formula is C23H28ClN5O. The molecule has 0 saturated carbocycles. The molecule has 0 atom stereocenters.